The van der Waals surface area contributed by atoms with Crippen LogP contribution in [-0.4, -0.2) is 44.9 Å². The Labute approximate surface area is 185 Å². The second-order valence-corrected chi connectivity index (χ2v) is 10.2. The van der Waals surface area contributed by atoms with E-state index in [1.807, 2.05) is 38.1 Å². The molecule has 1 aliphatic heterocycles. The van der Waals surface area contributed by atoms with Crippen LogP contribution < -0.4 is 10.1 Å². The molecule has 1 fully saturated rings. The van der Waals surface area contributed by atoms with Gasteiger partial charge in [0, 0.05) is 19.1 Å². The molecular formula is C24H32N2O4S. The van der Waals surface area contributed by atoms with Crippen LogP contribution in [0.5, 0.6) is 5.75 Å². The van der Waals surface area contributed by atoms with Crippen molar-refractivity contribution in [3.8, 4) is 5.75 Å². The van der Waals surface area contributed by atoms with Gasteiger partial charge in [0.2, 0.25) is 15.9 Å². The molecule has 0 spiro atoms. The summed E-state index contributed by atoms with van der Waals surface area (Å²) in [5, 5.41) is 3.08. The molecule has 1 heterocycles. The highest BCUT2D eigenvalue weighted by molar-refractivity contribution is 7.89. The van der Waals surface area contributed by atoms with E-state index in [0.29, 0.717) is 25.1 Å². The number of methoxy groups -OCH3 is 1. The number of nitrogens with one attached hydrogen (secondary N) is 1. The zero-order chi connectivity index (χ0) is 22.4. The van der Waals surface area contributed by atoms with E-state index in [1.165, 1.54) is 17.0 Å². The third-order valence-electron chi connectivity index (χ3n) is 5.79. The molecule has 2 atom stereocenters. The average molecular weight is 445 g/mol. The molecule has 168 valence electrons. The van der Waals surface area contributed by atoms with E-state index in [-0.39, 0.29) is 29.3 Å². The molecule has 1 N–H and O–H groups in total. The lowest BCUT2D eigenvalue weighted by molar-refractivity contribution is -0.126. The normalized spacial score (nSPS) is 18.4. The van der Waals surface area contributed by atoms with Crippen molar-refractivity contribution in [1.82, 2.24) is 9.62 Å². The number of hydrogen-bond donors (Lipinski definition) is 1. The Bertz CT molecular complexity index is 992. The number of nitrogens with zero attached hydrogens (tertiary/aromatic N) is 1. The predicted octanol–water partition coefficient (Wildman–Crippen LogP) is 3.54. The van der Waals surface area contributed by atoms with Crippen LogP contribution in [0.15, 0.2) is 53.4 Å². The van der Waals surface area contributed by atoms with Gasteiger partial charge in [0.25, 0.3) is 0 Å². The monoisotopic (exact) mass is 444 g/mol. The van der Waals surface area contributed by atoms with E-state index in [4.69, 9.17) is 4.74 Å². The minimum Gasteiger partial charge on any atom is -0.495 e. The van der Waals surface area contributed by atoms with Crippen LogP contribution in [0.1, 0.15) is 37.3 Å². The largest absolute Gasteiger partial charge is 0.495 e. The van der Waals surface area contributed by atoms with Gasteiger partial charge in [0.15, 0.2) is 0 Å². The lowest BCUT2D eigenvalue weighted by Crippen LogP contribution is -2.47. The summed E-state index contributed by atoms with van der Waals surface area (Å²) in [4.78, 5) is 13.0. The van der Waals surface area contributed by atoms with E-state index in [9.17, 15) is 13.2 Å². The van der Waals surface area contributed by atoms with Crippen LogP contribution in [0.2, 0.25) is 0 Å². The molecule has 2 aromatic carbocycles. The molecule has 0 bridgehead atoms. The number of hydrogen-bond acceptors (Lipinski definition) is 4. The summed E-state index contributed by atoms with van der Waals surface area (Å²) in [6.45, 7) is 4.45. The number of sulfonamides is 1. The van der Waals surface area contributed by atoms with Crippen LogP contribution in [0.4, 0.5) is 0 Å². The summed E-state index contributed by atoms with van der Waals surface area (Å²) < 4.78 is 33.3. The van der Waals surface area contributed by atoms with Crippen molar-refractivity contribution < 1.29 is 17.9 Å². The first-order chi connectivity index (χ1) is 14.8. The molecule has 3 rings (SSSR count). The van der Waals surface area contributed by atoms with Gasteiger partial charge in [0.05, 0.1) is 13.0 Å². The number of piperidine rings is 1. The number of rotatable bonds is 8. The summed E-state index contributed by atoms with van der Waals surface area (Å²) in [5.74, 6) is -0.0955. The fourth-order valence-electron chi connectivity index (χ4n) is 3.96. The van der Waals surface area contributed by atoms with Crippen LogP contribution in [0.3, 0.4) is 0 Å². The van der Waals surface area contributed by atoms with Gasteiger partial charge in [-0.15, -0.1) is 0 Å². The van der Waals surface area contributed by atoms with Crippen LogP contribution in [0.25, 0.3) is 0 Å². The Kier molecular flexibility index (Phi) is 7.73. The van der Waals surface area contributed by atoms with Crippen molar-refractivity contribution in [2.75, 3.05) is 20.2 Å². The Hall–Kier alpha value is -2.38. The molecule has 0 aliphatic carbocycles. The molecule has 1 amide bonds. The molecule has 0 aromatic heterocycles. The number of benzene rings is 2. The van der Waals surface area contributed by atoms with Crippen LogP contribution in [-0.2, 0) is 21.2 Å². The average Bonchev–Trinajstić information content (AvgIpc) is 2.78. The third kappa shape index (κ3) is 5.86. The summed E-state index contributed by atoms with van der Waals surface area (Å²) >= 11 is 0. The smallest absolute Gasteiger partial charge is 0.246 e. The maximum atomic E-state index is 13.3. The highest BCUT2D eigenvalue weighted by Crippen LogP contribution is 2.30. The molecular weight excluding hydrogens is 412 g/mol. The number of carbonyl (C=O) groups is 1. The Morgan fingerprint density at radius 1 is 1.23 bits per heavy atom. The lowest BCUT2D eigenvalue weighted by atomic mass is 9.98. The Balaban J connectivity index is 1.63. The second kappa shape index (κ2) is 10.3. The van der Waals surface area contributed by atoms with Gasteiger partial charge in [-0.25, -0.2) is 8.42 Å². The SMILES string of the molecule is COc1ccc(C)cc1S(=O)(=O)N1CCC[C@@H](C(=O)N[C@H](C)CCc2ccccc2)C1. The maximum Gasteiger partial charge on any atom is 0.246 e. The molecule has 1 aliphatic rings. The van der Waals surface area contributed by atoms with Gasteiger partial charge in [-0.05, 0) is 62.8 Å². The van der Waals surface area contributed by atoms with Gasteiger partial charge in [-0.1, -0.05) is 36.4 Å². The van der Waals surface area contributed by atoms with E-state index in [1.54, 1.807) is 12.1 Å². The first kappa shape index (κ1) is 23.3. The first-order valence-electron chi connectivity index (χ1n) is 10.8. The van der Waals surface area contributed by atoms with Crippen molar-refractivity contribution in [3.05, 3.63) is 59.7 Å². The lowest BCUT2D eigenvalue weighted by Gasteiger charge is -2.32. The second-order valence-electron chi connectivity index (χ2n) is 8.29. The molecule has 0 radical (unpaired) electrons. The van der Waals surface area contributed by atoms with Gasteiger partial charge in [0.1, 0.15) is 10.6 Å². The number of carbonyl (C=O) groups excluding carboxylic acids is 1. The van der Waals surface area contributed by atoms with Gasteiger partial charge < -0.3 is 10.1 Å². The summed E-state index contributed by atoms with van der Waals surface area (Å²) in [6.07, 6.45) is 3.07. The maximum absolute atomic E-state index is 13.3. The Morgan fingerprint density at radius 3 is 2.68 bits per heavy atom. The molecule has 0 unspecified atom stereocenters. The van der Waals surface area contributed by atoms with E-state index in [0.717, 1.165) is 18.4 Å². The number of ether oxygens (including phenoxy) is 1. The summed E-state index contributed by atoms with van der Waals surface area (Å²) in [5.41, 5.74) is 2.09. The number of aryl methyl sites for hydroxylation is 2. The number of amides is 1. The molecule has 7 heteroatoms. The molecule has 31 heavy (non-hydrogen) atoms. The molecule has 1 saturated heterocycles. The highest BCUT2D eigenvalue weighted by atomic mass is 32.2. The molecule has 6 nitrogen and oxygen atoms in total. The van der Waals surface area contributed by atoms with E-state index < -0.39 is 10.0 Å². The van der Waals surface area contributed by atoms with Crippen molar-refractivity contribution in [2.24, 2.45) is 5.92 Å². The first-order valence-corrected chi connectivity index (χ1v) is 12.2. The van der Waals surface area contributed by atoms with Crippen molar-refractivity contribution in [3.63, 3.8) is 0 Å². The minimum absolute atomic E-state index is 0.0246. The Morgan fingerprint density at radius 2 is 1.97 bits per heavy atom. The van der Waals surface area contributed by atoms with Gasteiger partial charge >= 0.3 is 0 Å². The van der Waals surface area contributed by atoms with Crippen molar-refractivity contribution in [1.29, 1.82) is 0 Å². The van der Waals surface area contributed by atoms with Crippen LogP contribution in [0, 0.1) is 12.8 Å². The van der Waals surface area contributed by atoms with Crippen molar-refractivity contribution >= 4 is 15.9 Å². The summed E-state index contributed by atoms with van der Waals surface area (Å²) in [6, 6.07) is 15.3. The van der Waals surface area contributed by atoms with Gasteiger partial charge in [-0.2, -0.15) is 4.31 Å². The topological polar surface area (TPSA) is 75.7 Å². The third-order valence-corrected chi connectivity index (χ3v) is 7.68. The summed E-state index contributed by atoms with van der Waals surface area (Å²) in [7, 11) is -2.27. The standard InChI is InChI=1S/C24H32N2O4S/c1-18-11-14-22(30-3)23(16-18)31(28,29)26-15-7-10-21(17-26)24(27)25-19(2)12-13-20-8-5-4-6-9-20/h4-6,8-9,11,14,16,19,21H,7,10,12-13,15,17H2,1-3H3,(H,25,27)/t19-,21-/m1/s1. The quantitative estimate of drug-likeness (QED) is 0.676. The zero-order valence-corrected chi connectivity index (χ0v) is 19.3. The fourth-order valence-corrected chi connectivity index (χ4v) is 5.72. The fraction of sp³-hybridized carbons (Fsp3) is 0.458. The zero-order valence-electron chi connectivity index (χ0n) is 18.5. The van der Waals surface area contributed by atoms with E-state index >= 15 is 0 Å². The molecule has 2 aromatic rings. The van der Waals surface area contributed by atoms with Crippen LogP contribution >= 0.6 is 0 Å². The highest BCUT2D eigenvalue weighted by Gasteiger charge is 2.35. The van der Waals surface area contributed by atoms with Gasteiger partial charge in [-0.3, -0.25) is 4.79 Å². The molecule has 0 saturated carbocycles. The van der Waals surface area contributed by atoms with E-state index in [2.05, 4.69) is 17.4 Å². The minimum atomic E-state index is -3.74. The van der Waals surface area contributed by atoms with Crippen molar-refractivity contribution in [2.45, 2.75) is 50.5 Å². The predicted molar refractivity (Wildman–Crippen MR) is 122 cm³/mol.